The molecule has 1 aromatic rings. The van der Waals surface area contributed by atoms with Crippen molar-refractivity contribution in [3.8, 4) is 0 Å². The van der Waals surface area contributed by atoms with E-state index in [1.165, 1.54) is 23.3 Å². The normalized spacial score (nSPS) is 28.5. The Hall–Kier alpha value is -1.36. The SMILES string of the molecule is C[C@@H]1c2ccsc2CCN1C(=O)[C@H]1CC(=O)N(C2CCCC2)C1. The molecule has 2 atom stereocenters. The van der Waals surface area contributed by atoms with Crippen LogP contribution in [0.25, 0.3) is 0 Å². The van der Waals surface area contributed by atoms with Gasteiger partial charge in [-0.25, -0.2) is 0 Å². The Morgan fingerprint density at radius 1 is 1.30 bits per heavy atom. The van der Waals surface area contributed by atoms with E-state index < -0.39 is 0 Å². The van der Waals surface area contributed by atoms with Gasteiger partial charge in [0.05, 0.1) is 12.0 Å². The molecule has 0 spiro atoms. The first kappa shape index (κ1) is 15.2. The van der Waals surface area contributed by atoms with Crippen LogP contribution in [0, 0.1) is 5.92 Å². The average Bonchev–Trinajstić information content (AvgIpc) is 3.27. The van der Waals surface area contributed by atoms with Crippen molar-refractivity contribution >= 4 is 23.2 Å². The third-order valence-corrected chi connectivity index (χ3v) is 6.83. The molecular formula is C18H24N2O2S. The highest BCUT2D eigenvalue weighted by Crippen LogP contribution is 2.36. The van der Waals surface area contributed by atoms with E-state index >= 15 is 0 Å². The summed E-state index contributed by atoms with van der Waals surface area (Å²) < 4.78 is 0. The van der Waals surface area contributed by atoms with Crippen molar-refractivity contribution in [3.05, 3.63) is 21.9 Å². The summed E-state index contributed by atoms with van der Waals surface area (Å²) in [5.74, 6) is 0.241. The van der Waals surface area contributed by atoms with Gasteiger partial charge in [0.25, 0.3) is 0 Å². The second kappa shape index (κ2) is 5.93. The minimum atomic E-state index is -0.134. The van der Waals surface area contributed by atoms with Gasteiger partial charge in [-0.3, -0.25) is 9.59 Å². The molecular weight excluding hydrogens is 308 g/mol. The van der Waals surface area contributed by atoms with Crippen LogP contribution in [0.15, 0.2) is 11.4 Å². The van der Waals surface area contributed by atoms with Gasteiger partial charge in [0, 0.05) is 30.4 Å². The summed E-state index contributed by atoms with van der Waals surface area (Å²) in [7, 11) is 0. The maximum atomic E-state index is 13.0. The molecule has 3 aliphatic rings. The molecule has 0 aromatic carbocycles. The standard InChI is InChI=1S/C18H24N2O2S/c1-12-15-7-9-23-16(15)6-8-19(12)18(22)13-10-17(21)20(11-13)14-4-2-3-5-14/h7,9,12-14H,2-6,8,10-11H2,1H3/t12-,13+/m1/s1. The smallest absolute Gasteiger partial charge is 0.228 e. The number of nitrogens with zero attached hydrogens (tertiary/aromatic N) is 2. The Morgan fingerprint density at radius 3 is 2.87 bits per heavy atom. The average molecular weight is 332 g/mol. The van der Waals surface area contributed by atoms with Gasteiger partial charge in [-0.15, -0.1) is 11.3 Å². The van der Waals surface area contributed by atoms with Gasteiger partial charge >= 0.3 is 0 Å². The van der Waals surface area contributed by atoms with Crippen LogP contribution in [-0.4, -0.2) is 40.7 Å². The lowest BCUT2D eigenvalue weighted by atomic mass is 9.98. The molecule has 2 fully saturated rings. The van der Waals surface area contributed by atoms with E-state index in [1.807, 2.05) is 9.80 Å². The van der Waals surface area contributed by atoms with Crippen LogP contribution in [0.3, 0.4) is 0 Å². The molecule has 4 rings (SSSR count). The van der Waals surface area contributed by atoms with Gasteiger partial charge in [0.2, 0.25) is 11.8 Å². The summed E-state index contributed by atoms with van der Waals surface area (Å²) in [6.07, 6.45) is 6.04. The molecule has 3 heterocycles. The van der Waals surface area contributed by atoms with Crippen molar-refractivity contribution < 1.29 is 9.59 Å². The number of amides is 2. The highest BCUT2D eigenvalue weighted by atomic mass is 32.1. The van der Waals surface area contributed by atoms with Gasteiger partial charge in [-0.1, -0.05) is 12.8 Å². The summed E-state index contributed by atoms with van der Waals surface area (Å²) in [4.78, 5) is 30.8. The van der Waals surface area contributed by atoms with Crippen molar-refractivity contribution in [1.82, 2.24) is 9.80 Å². The van der Waals surface area contributed by atoms with Crippen LogP contribution in [0.2, 0.25) is 0 Å². The van der Waals surface area contributed by atoms with Crippen LogP contribution in [0.4, 0.5) is 0 Å². The summed E-state index contributed by atoms with van der Waals surface area (Å²) in [6.45, 7) is 3.55. The fourth-order valence-corrected chi connectivity index (χ4v) is 5.47. The third-order valence-electron chi connectivity index (χ3n) is 5.83. The van der Waals surface area contributed by atoms with Crippen LogP contribution in [0.1, 0.15) is 55.5 Å². The van der Waals surface area contributed by atoms with Crippen LogP contribution in [-0.2, 0) is 16.0 Å². The maximum absolute atomic E-state index is 13.0. The van der Waals surface area contributed by atoms with Crippen LogP contribution < -0.4 is 0 Å². The molecule has 1 saturated carbocycles. The predicted octanol–water partition coefficient (Wildman–Crippen LogP) is 2.98. The van der Waals surface area contributed by atoms with Gasteiger partial charge in [-0.05, 0) is 43.2 Å². The molecule has 0 N–H and O–H groups in total. The van der Waals surface area contributed by atoms with Gasteiger partial charge in [-0.2, -0.15) is 0 Å². The zero-order valence-electron chi connectivity index (χ0n) is 13.7. The topological polar surface area (TPSA) is 40.6 Å². The third kappa shape index (κ3) is 2.59. The quantitative estimate of drug-likeness (QED) is 0.835. The molecule has 4 nitrogen and oxygen atoms in total. The number of carbonyl (C=O) groups excluding carboxylic acids is 2. The van der Waals surface area contributed by atoms with Crippen molar-refractivity contribution in [1.29, 1.82) is 0 Å². The Morgan fingerprint density at radius 2 is 2.09 bits per heavy atom. The first-order chi connectivity index (χ1) is 11.1. The Kier molecular flexibility index (Phi) is 3.92. The number of rotatable bonds is 2. The lowest BCUT2D eigenvalue weighted by molar-refractivity contribution is -0.138. The van der Waals surface area contributed by atoms with Crippen molar-refractivity contribution in [3.63, 3.8) is 0 Å². The maximum Gasteiger partial charge on any atom is 0.228 e. The van der Waals surface area contributed by atoms with E-state index in [9.17, 15) is 9.59 Å². The van der Waals surface area contributed by atoms with Crippen molar-refractivity contribution in [2.24, 2.45) is 5.92 Å². The molecule has 1 saturated heterocycles. The van der Waals surface area contributed by atoms with Gasteiger partial charge < -0.3 is 9.80 Å². The molecule has 2 aliphatic heterocycles. The monoisotopic (exact) mass is 332 g/mol. The summed E-state index contributed by atoms with van der Waals surface area (Å²) >= 11 is 1.79. The highest BCUT2D eigenvalue weighted by molar-refractivity contribution is 7.10. The minimum absolute atomic E-state index is 0.134. The summed E-state index contributed by atoms with van der Waals surface area (Å²) in [5.41, 5.74) is 1.30. The fraction of sp³-hybridized carbons (Fsp3) is 0.667. The molecule has 0 unspecified atom stereocenters. The second-order valence-electron chi connectivity index (χ2n) is 7.14. The van der Waals surface area contributed by atoms with E-state index in [0.29, 0.717) is 19.0 Å². The minimum Gasteiger partial charge on any atom is -0.339 e. The number of carbonyl (C=O) groups is 2. The second-order valence-corrected chi connectivity index (χ2v) is 8.14. The predicted molar refractivity (Wildman–Crippen MR) is 90.2 cm³/mol. The number of fused-ring (bicyclic) bond motifs is 1. The van der Waals surface area contributed by atoms with Gasteiger partial charge in [0.1, 0.15) is 0 Å². The number of thiophene rings is 1. The highest BCUT2D eigenvalue weighted by Gasteiger charge is 2.41. The number of likely N-dealkylation sites (tertiary alicyclic amines) is 1. The number of hydrogen-bond donors (Lipinski definition) is 0. The first-order valence-electron chi connectivity index (χ1n) is 8.81. The Balaban J connectivity index is 1.46. The van der Waals surface area contributed by atoms with Gasteiger partial charge in [0.15, 0.2) is 0 Å². The Labute approximate surface area is 141 Å². The van der Waals surface area contributed by atoms with E-state index in [1.54, 1.807) is 11.3 Å². The summed E-state index contributed by atoms with van der Waals surface area (Å²) in [6, 6.07) is 2.69. The molecule has 5 heteroatoms. The Bertz CT molecular complexity index is 620. The first-order valence-corrected chi connectivity index (χ1v) is 9.69. The molecule has 0 radical (unpaired) electrons. The van der Waals surface area contributed by atoms with E-state index in [2.05, 4.69) is 18.4 Å². The summed E-state index contributed by atoms with van der Waals surface area (Å²) in [5, 5.41) is 2.12. The van der Waals surface area contributed by atoms with Crippen molar-refractivity contribution in [2.75, 3.05) is 13.1 Å². The molecule has 23 heavy (non-hydrogen) atoms. The largest absolute Gasteiger partial charge is 0.339 e. The van der Waals surface area contributed by atoms with E-state index in [0.717, 1.165) is 25.8 Å². The zero-order chi connectivity index (χ0) is 16.0. The lowest BCUT2D eigenvalue weighted by Crippen LogP contribution is -2.43. The molecule has 1 aliphatic carbocycles. The number of hydrogen-bond acceptors (Lipinski definition) is 3. The lowest BCUT2D eigenvalue weighted by Gasteiger charge is -2.35. The zero-order valence-corrected chi connectivity index (χ0v) is 14.5. The molecule has 0 bridgehead atoms. The van der Waals surface area contributed by atoms with E-state index in [4.69, 9.17) is 0 Å². The van der Waals surface area contributed by atoms with Crippen LogP contribution >= 0.6 is 11.3 Å². The molecule has 2 amide bonds. The van der Waals surface area contributed by atoms with Crippen LogP contribution in [0.5, 0.6) is 0 Å². The molecule has 1 aromatic heterocycles. The van der Waals surface area contributed by atoms with E-state index in [-0.39, 0.29) is 23.8 Å². The fourth-order valence-electron chi connectivity index (χ4n) is 4.51. The molecule has 124 valence electrons. The van der Waals surface area contributed by atoms with Crippen molar-refractivity contribution in [2.45, 2.75) is 57.5 Å².